The number of piperazine rings is 1. The van der Waals surface area contributed by atoms with Gasteiger partial charge in [-0.15, -0.1) is 0 Å². The Hall–Kier alpha value is -3.39. The lowest BCUT2D eigenvalue weighted by molar-refractivity contribution is 0.0623. The van der Waals surface area contributed by atoms with Crippen LogP contribution in [0.15, 0.2) is 53.3 Å². The van der Waals surface area contributed by atoms with Crippen molar-refractivity contribution >= 4 is 5.91 Å². The van der Waals surface area contributed by atoms with Gasteiger partial charge in [-0.3, -0.25) is 9.69 Å². The van der Waals surface area contributed by atoms with Gasteiger partial charge in [0.2, 0.25) is 6.79 Å². The first-order chi connectivity index (χ1) is 14.7. The SMILES string of the molecule is O=C(c1ncoc1-c1ccc(F)cc1)N1CCN(Cc2ccc3c(c2)OCO3)CC1. The molecule has 3 aromatic rings. The van der Waals surface area contributed by atoms with Crippen LogP contribution < -0.4 is 9.47 Å². The number of amides is 1. The molecule has 8 heteroatoms. The minimum absolute atomic E-state index is 0.175. The molecule has 0 unspecified atom stereocenters. The van der Waals surface area contributed by atoms with Gasteiger partial charge in [-0.2, -0.15) is 0 Å². The quantitative estimate of drug-likeness (QED) is 0.659. The maximum Gasteiger partial charge on any atom is 0.276 e. The van der Waals surface area contributed by atoms with Crippen molar-refractivity contribution in [1.29, 1.82) is 0 Å². The van der Waals surface area contributed by atoms with Gasteiger partial charge in [-0.05, 0) is 42.0 Å². The van der Waals surface area contributed by atoms with E-state index in [1.807, 2.05) is 18.2 Å². The molecule has 0 aliphatic carbocycles. The molecular weight excluding hydrogens is 389 g/mol. The molecule has 3 heterocycles. The van der Waals surface area contributed by atoms with Crippen LogP contribution in [0, 0.1) is 5.82 Å². The Bertz CT molecular complexity index is 1060. The number of hydrogen-bond acceptors (Lipinski definition) is 6. The van der Waals surface area contributed by atoms with Gasteiger partial charge in [-0.1, -0.05) is 6.07 Å². The molecule has 2 aliphatic rings. The largest absolute Gasteiger partial charge is 0.454 e. The predicted molar refractivity (Wildman–Crippen MR) is 106 cm³/mol. The molecule has 1 fully saturated rings. The first kappa shape index (κ1) is 18.6. The van der Waals surface area contributed by atoms with Crippen molar-refractivity contribution in [3.05, 3.63) is 65.9 Å². The van der Waals surface area contributed by atoms with Gasteiger partial charge in [0.25, 0.3) is 5.91 Å². The summed E-state index contributed by atoms with van der Waals surface area (Å²) < 4.78 is 29.4. The van der Waals surface area contributed by atoms with E-state index in [4.69, 9.17) is 13.9 Å². The van der Waals surface area contributed by atoms with Crippen LogP contribution in [-0.2, 0) is 6.54 Å². The van der Waals surface area contributed by atoms with E-state index < -0.39 is 0 Å². The third kappa shape index (κ3) is 3.61. The Morgan fingerprint density at radius 1 is 1.00 bits per heavy atom. The van der Waals surface area contributed by atoms with Crippen molar-refractivity contribution in [2.75, 3.05) is 33.0 Å². The topological polar surface area (TPSA) is 68.0 Å². The predicted octanol–water partition coefficient (Wildman–Crippen LogP) is 3.17. The lowest BCUT2D eigenvalue weighted by atomic mass is 10.1. The maximum absolute atomic E-state index is 13.2. The molecule has 1 aromatic heterocycles. The highest BCUT2D eigenvalue weighted by Crippen LogP contribution is 2.33. The third-order valence-corrected chi connectivity index (χ3v) is 5.38. The Balaban J connectivity index is 1.22. The number of ether oxygens (including phenoxy) is 2. The monoisotopic (exact) mass is 409 g/mol. The normalized spacial score (nSPS) is 16.1. The van der Waals surface area contributed by atoms with Gasteiger partial charge in [0, 0.05) is 38.3 Å². The van der Waals surface area contributed by atoms with Gasteiger partial charge in [-0.25, -0.2) is 9.37 Å². The number of carbonyl (C=O) groups excluding carboxylic acids is 1. The van der Waals surface area contributed by atoms with E-state index in [0.717, 1.165) is 36.7 Å². The van der Waals surface area contributed by atoms with Crippen LogP contribution in [0.3, 0.4) is 0 Å². The number of fused-ring (bicyclic) bond motifs is 1. The first-order valence-electron chi connectivity index (χ1n) is 9.77. The standard InChI is InChI=1S/C22H20FN3O4/c23-17-4-2-16(3-5-17)21-20(24-13-28-21)22(27)26-9-7-25(8-10-26)12-15-1-6-18-19(11-15)30-14-29-18/h1-6,11,13H,7-10,12,14H2. The summed E-state index contributed by atoms with van der Waals surface area (Å²) in [5.41, 5.74) is 2.03. The van der Waals surface area contributed by atoms with E-state index >= 15 is 0 Å². The molecule has 5 rings (SSSR count). The minimum atomic E-state index is -0.343. The number of hydrogen-bond donors (Lipinski definition) is 0. The fraction of sp³-hybridized carbons (Fsp3) is 0.273. The smallest absolute Gasteiger partial charge is 0.276 e. The fourth-order valence-electron chi connectivity index (χ4n) is 3.76. The molecule has 0 radical (unpaired) electrons. The molecule has 30 heavy (non-hydrogen) atoms. The number of oxazole rings is 1. The molecule has 2 aliphatic heterocycles. The Labute approximate surface area is 172 Å². The zero-order valence-corrected chi connectivity index (χ0v) is 16.2. The molecule has 1 amide bonds. The number of aromatic nitrogens is 1. The van der Waals surface area contributed by atoms with E-state index in [-0.39, 0.29) is 24.2 Å². The lowest BCUT2D eigenvalue weighted by Gasteiger charge is -2.34. The highest BCUT2D eigenvalue weighted by Gasteiger charge is 2.27. The molecule has 1 saturated heterocycles. The average Bonchev–Trinajstić information content (AvgIpc) is 3.44. The fourth-order valence-corrected chi connectivity index (χ4v) is 3.76. The molecule has 0 saturated carbocycles. The van der Waals surface area contributed by atoms with Gasteiger partial charge in [0.15, 0.2) is 29.3 Å². The van der Waals surface area contributed by atoms with E-state index in [1.165, 1.54) is 18.5 Å². The summed E-state index contributed by atoms with van der Waals surface area (Å²) in [6, 6.07) is 11.8. The van der Waals surface area contributed by atoms with Gasteiger partial charge in [0.1, 0.15) is 5.82 Å². The molecule has 0 atom stereocenters. The van der Waals surface area contributed by atoms with Crippen LogP contribution >= 0.6 is 0 Å². The van der Waals surface area contributed by atoms with Crippen LogP contribution in [0.25, 0.3) is 11.3 Å². The summed E-state index contributed by atoms with van der Waals surface area (Å²) in [6.45, 7) is 3.75. The molecular formula is C22H20FN3O4. The van der Waals surface area contributed by atoms with Crippen LogP contribution in [0.5, 0.6) is 11.5 Å². The van der Waals surface area contributed by atoms with E-state index in [0.29, 0.717) is 24.4 Å². The van der Waals surface area contributed by atoms with Gasteiger partial charge in [0.05, 0.1) is 0 Å². The third-order valence-electron chi connectivity index (χ3n) is 5.38. The van der Waals surface area contributed by atoms with Crippen molar-refractivity contribution in [1.82, 2.24) is 14.8 Å². The number of carbonyl (C=O) groups is 1. The van der Waals surface area contributed by atoms with Crippen LogP contribution in [0.4, 0.5) is 4.39 Å². The second kappa shape index (κ2) is 7.79. The summed E-state index contributed by atoms with van der Waals surface area (Å²) in [5, 5.41) is 0. The molecule has 2 aromatic carbocycles. The Morgan fingerprint density at radius 2 is 1.77 bits per heavy atom. The highest BCUT2D eigenvalue weighted by atomic mass is 19.1. The zero-order valence-electron chi connectivity index (χ0n) is 16.2. The van der Waals surface area contributed by atoms with E-state index in [2.05, 4.69) is 9.88 Å². The molecule has 7 nitrogen and oxygen atoms in total. The van der Waals surface area contributed by atoms with E-state index in [9.17, 15) is 9.18 Å². The number of nitrogens with zero attached hydrogens (tertiary/aromatic N) is 3. The number of halogens is 1. The van der Waals surface area contributed by atoms with Crippen LogP contribution in [-0.4, -0.2) is 53.7 Å². The maximum atomic E-state index is 13.2. The molecule has 0 spiro atoms. The number of rotatable bonds is 4. The van der Waals surface area contributed by atoms with Crippen molar-refractivity contribution in [2.45, 2.75) is 6.54 Å². The summed E-state index contributed by atoms with van der Waals surface area (Å²) in [6.07, 6.45) is 1.25. The average molecular weight is 409 g/mol. The van der Waals surface area contributed by atoms with Crippen molar-refractivity contribution in [2.24, 2.45) is 0 Å². The van der Waals surface area contributed by atoms with Crippen molar-refractivity contribution < 1.29 is 23.1 Å². The molecule has 0 bridgehead atoms. The van der Waals surface area contributed by atoms with Gasteiger partial charge >= 0.3 is 0 Å². The van der Waals surface area contributed by atoms with Crippen molar-refractivity contribution in [3.63, 3.8) is 0 Å². The lowest BCUT2D eigenvalue weighted by Crippen LogP contribution is -2.48. The summed E-state index contributed by atoms with van der Waals surface area (Å²) in [5.74, 6) is 1.40. The first-order valence-corrected chi connectivity index (χ1v) is 9.77. The Morgan fingerprint density at radius 3 is 2.57 bits per heavy atom. The van der Waals surface area contributed by atoms with Crippen LogP contribution in [0.1, 0.15) is 16.1 Å². The molecule has 154 valence electrons. The van der Waals surface area contributed by atoms with Crippen molar-refractivity contribution in [3.8, 4) is 22.8 Å². The Kier molecular flexibility index (Phi) is 4.84. The van der Waals surface area contributed by atoms with Gasteiger partial charge < -0.3 is 18.8 Å². The highest BCUT2D eigenvalue weighted by molar-refractivity contribution is 5.97. The second-order valence-corrected chi connectivity index (χ2v) is 7.29. The second-order valence-electron chi connectivity index (χ2n) is 7.29. The zero-order chi connectivity index (χ0) is 20.5. The molecule has 0 N–H and O–H groups in total. The minimum Gasteiger partial charge on any atom is -0.454 e. The van der Waals surface area contributed by atoms with Crippen LogP contribution in [0.2, 0.25) is 0 Å². The summed E-state index contributed by atoms with van der Waals surface area (Å²) in [4.78, 5) is 21.2. The van der Waals surface area contributed by atoms with E-state index in [1.54, 1.807) is 17.0 Å². The summed E-state index contributed by atoms with van der Waals surface area (Å²) >= 11 is 0. The summed E-state index contributed by atoms with van der Waals surface area (Å²) in [7, 11) is 0. The number of benzene rings is 2.